The first-order valence-electron chi connectivity index (χ1n) is 9.84. The number of carbonyl (C=O) groups excluding carboxylic acids is 2. The van der Waals surface area contributed by atoms with Crippen LogP contribution in [0.4, 0.5) is 16.2 Å². The van der Waals surface area contributed by atoms with Crippen LogP contribution in [0.5, 0.6) is 5.75 Å². The lowest BCUT2D eigenvalue weighted by atomic mass is 9.84. The number of aliphatic hydroxyl groups excluding tert-OH is 1. The van der Waals surface area contributed by atoms with Crippen LogP contribution in [0.15, 0.2) is 48.5 Å². The van der Waals surface area contributed by atoms with Gasteiger partial charge in [-0.3, -0.25) is 4.79 Å². The minimum atomic E-state index is -0.538. The first-order valence-corrected chi connectivity index (χ1v) is 9.84. The van der Waals surface area contributed by atoms with E-state index in [-0.39, 0.29) is 43.2 Å². The number of benzene rings is 2. The number of carbonyl (C=O) groups is 2. The van der Waals surface area contributed by atoms with E-state index in [0.717, 1.165) is 5.56 Å². The second-order valence-electron chi connectivity index (χ2n) is 7.38. The number of nitrogens with one attached hydrogen (secondary N) is 2. The van der Waals surface area contributed by atoms with Gasteiger partial charge in [0.05, 0.1) is 26.2 Å². The van der Waals surface area contributed by atoms with Gasteiger partial charge in [-0.25, -0.2) is 4.79 Å². The Hall–Kier alpha value is -3.10. The largest absolute Gasteiger partial charge is 0.487 e. The highest BCUT2D eigenvalue weighted by Crippen LogP contribution is 2.47. The van der Waals surface area contributed by atoms with E-state index in [2.05, 4.69) is 10.6 Å². The van der Waals surface area contributed by atoms with Gasteiger partial charge < -0.3 is 30.0 Å². The predicted octanol–water partition coefficient (Wildman–Crippen LogP) is 2.89. The molecule has 0 unspecified atom stereocenters. The Kier molecular flexibility index (Phi) is 5.87. The fourth-order valence-corrected chi connectivity index (χ4v) is 4.05. The summed E-state index contributed by atoms with van der Waals surface area (Å²) in [4.78, 5) is 24.0. The van der Waals surface area contributed by atoms with Gasteiger partial charge in [0, 0.05) is 22.9 Å². The van der Waals surface area contributed by atoms with Crippen molar-refractivity contribution in [1.82, 2.24) is 0 Å². The van der Waals surface area contributed by atoms with E-state index >= 15 is 0 Å². The average molecular weight is 412 g/mol. The molecule has 8 nitrogen and oxygen atoms in total. The fraction of sp³-hybridized carbons (Fsp3) is 0.364. The third-order valence-corrected chi connectivity index (χ3v) is 5.41. The lowest BCUT2D eigenvalue weighted by Crippen LogP contribution is -2.46. The average Bonchev–Trinajstić information content (AvgIpc) is 3.11. The van der Waals surface area contributed by atoms with Crippen molar-refractivity contribution in [2.75, 3.05) is 24.4 Å². The Balaban J connectivity index is 1.49. The molecule has 0 spiro atoms. The highest BCUT2D eigenvalue weighted by atomic mass is 16.6. The second-order valence-corrected chi connectivity index (χ2v) is 7.38. The van der Waals surface area contributed by atoms with E-state index in [1.807, 2.05) is 24.3 Å². The molecule has 2 aromatic rings. The van der Waals surface area contributed by atoms with Gasteiger partial charge in [0.25, 0.3) is 0 Å². The summed E-state index contributed by atoms with van der Waals surface area (Å²) in [6.45, 7) is -0.211. The fourth-order valence-electron chi connectivity index (χ4n) is 4.05. The normalized spacial score (nSPS) is 24.2. The standard InChI is InChI=1S/C22H24N2O6/c1-28-20(26)11-15-10-17-16-9-14(24-22(27)23-13-5-3-2-4-6-13)7-8-18(16)30-21(17)19(12-25)29-15/h2-9,15,17,19,21,25H,10-12H2,1H3,(H2,23,24,27)/t15-,17+,19-,21-/m0/s1. The number of para-hydroxylation sites is 1. The van der Waals surface area contributed by atoms with Crippen LogP contribution in [0, 0.1) is 0 Å². The van der Waals surface area contributed by atoms with E-state index in [0.29, 0.717) is 23.5 Å². The number of methoxy groups -OCH3 is 1. The van der Waals surface area contributed by atoms with Crippen LogP contribution in [0.1, 0.15) is 24.3 Å². The summed E-state index contributed by atoms with van der Waals surface area (Å²) < 4.78 is 16.6. The summed E-state index contributed by atoms with van der Waals surface area (Å²) in [5.74, 6) is 0.279. The van der Waals surface area contributed by atoms with E-state index in [4.69, 9.17) is 14.2 Å². The van der Waals surface area contributed by atoms with Crippen molar-refractivity contribution < 1.29 is 28.9 Å². The molecule has 0 radical (unpaired) electrons. The maximum absolute atomic E-state index is 12.3. The number of aliphatic hydroxyl groups is 1. The Morgan fingerprint density at radius 2 is 1.90 bits per heavy atom. The second kappa shape index (κ2) is 8.73. The van der Waals surface area contributed by atoms with Crippen LogP contribution >= 0.6 is 0 Å². The van der Waals surface area contributed by atoms with Crippen molar-refractivity contribution in [2.24, 2.45) is 0 Å². The van der Waals surface area contributed by atoms with Gasteiger partial charge in [0.1, 0.15) is 18.0 Å². The third-order valence-electron chi connectivity index (χ3n) is 5.41. The molecule has 30 heavy (non-hydrogen) atoms. The molecule has 2 aliphatic heterocycles. The number of esters is 1. The van der Waals surface area contributed by atoms with E-state index < -0.39 is 6.10 Å². The first kappa shape index (κ1) is 20.2. The molecule has 2 amide bonds. The molecule has 2 aromatic carbocycles. The van der Waals surface area contributed by atoms with Crippen molar-refractivity contribution in [2.45, 2.75) is 37.1 Å². The Morgan fingerprint density at radius 3 is 2.63 bits per heavy atom. The minimum absolute atomic E-state index is 0.0560. The molecule has 0 aliphatic carbocycles. The van der Waals surface area contributed by atoms with E-state index in [1.54, 1.807) is 24.3 Å². The Morgan fingerprint density at radius 1 is 1.13 bits per heavy atom. The molecule has 0 saturated carbocycles. The number of ether oxygens (including phenoxy) is 3. The highest BCUT2D eigenvalue weighted by molar-refractivity contribution is 5.99. The molecule has 158 valence electrons. The highest BCUT2D eigenvalue weighted by Gasteiger charge is 2.46. The molecule has 0 aromatic heterocycles. The van der Waals surface area contributed by atoms with E-state index in [9.17, 15) is 14.7 Å². The van der Waals surface area contributed by atoms with Gasteiger partial charge in [0.2, 0.25) is 0 Å². The van der Waals surface area contributed by atoms with Gasteiger partial charge in [-0.2, -0.15) is 0 Å². The van der Waals surface area contributed by atoms with Crippen LogP contribution in [0.25, 0.3) is 0 Å². The summed E-state index contributed by atoms with van der Waals surface area (Å²) in [7, 11) is 1.34. The zero-order valence-electron chi connectivity index (χ0n) is 16.5. The molecule has 4 atom stereocenters. The molecule has 8 heteroatoms. The monoisotopic (exact) mass is 412 g/mol. The van der Waals surface area contributed by atoms with Crippen LogP contribution in [0.3, 0.4) is 0 Å². The smallest absolute Gasteiger partial charge is 0.323 e. The Labute approximate surface area is 174 Å². The molecular formula is C22H24N2O6. The quantitative estimate of drug-likeness (QED) is 0.652. The molecule has 4 rings (SSSR count). The summed E-state index contributed by atoms with van der Waals surface area (Å²) >= 11 is 0. The topological polar surface area (TPSA) is 106 Å². The summed E-state index contributed by atoms with van der Waals surface area (Å²) in [5.41, 5.74) is 2.25. The molecule has 0 bridgehead atoms. The molecule has 2 heterocycles. The number of hydrogen-bond acceptors (Lipinski definition) is 6. The lowest BCUT2D eigenvalue weighted by molar-refractivity contribution is -0.156. The van der Waals surface area contributed by atoms with Crippen LogP contribution in [0.2, 0.25) is 0 Å². The van der Waals surface area contributed by atoms with Gasteiger partial charge in [-0.1, -0.05) is 18.2 Å². The molecular weight excluding hydrogens is 388 g/mol. The SMILES string of the molecule is COC(=O)C[C@@H]1C[C@@H]2c3cc(NC(=O)Nc4ccccc4)ccc3O[C@@H]2[C@H](CO)O1. The van der Waals surface area contributed by atoms with Gasteiger partial charge in [-0.05, 0) is 36.8 Å². The maximum atomic E-state index is 12.3. The first-order chi connectivity index (χ1) is 14.6. The molecule has 1 saturated heterocycles. The van der Waals surface area contributed by atoms with Gasteiger partial charge in [-0.15, -0.1) is 0 Å². The zero-order chi connectivity index (χ0) is 21.1. The zero-order valence-corrected chi connectivity index (χ0v) is 16.5. The number of fused-ring (bicyclic) bond motifs is 3. The lowest BCUT2D eigenvalue weighted by Gasteiger charge is -2.36. The summed E-state index contributed by atoms with van der Waals surface area (Å²) in [6, 6.07) is 14.3. The number of rotatable bonds is 5. The van der Waals surface area contributed by atoms with Crippen molar-refractivity contribution >= 4 is 23.4 Å². The summed E-state index contributed by atoms with van der Waals surface area (Å²) in [6.07, 6.45) is -0.578. The van der Waals surface area contributed by atoms with E-state index in [1.165, 1.54) is 7.11 Å². The van der Waals surface area contributed by atoms with Crippen molar-refractivity contribution in [3.05, 3.63) is 54.1 Å². The van der Waals surface area contributed by atoms with Gasteiger partial charge >= 0.3 is 12.0 Å². The van der Waals surface area contributed by atoms with Crippen molar-refractivity contribution in [3.63, 3.8) is 0 Å². The van der Waals surface area contributed by atoms with Gasteiger partial charge in [0.15, 0.2) is 0 Å². The number of amides is 2. The molecule has 3 N–H and O–H groups in total. The van der Waals surface area contributed by atoms with Crippen LogP contribution in [-0.4, -0.2) is 49.1 Å². The van der Waals surface area contributed by atoms with Crippen molar-refractivity contribution in [3.8, 4) is 5.75 Å². The van der Waals surface area contributed by atoms with Crippen LogP contribution in [-0.2, 0) is 14.3 Å². The summed E-state index contributed by atoms with van der Waals surface area (Å²) in [5, 5.41) is 15.4. The predicted molar refractivity (Wildman–Crippen MR) is 110 cm³/mol. The maximum Gasteiger partial charge on any atom is 0.323 e. The van der Waals surface area contributed by atoms with Crippen molar-refractivity contribution in [1.29, 1.82) is 0 Å². The molecule has 2 aliphatic rings. The number of hydrogen-bond donors (Lipinski definition) is 3. The number of anilines is 2. The third kappa shape index (κ3) is 4.24. The van der Waals surface area contributed by atoms with Crippen LogP contribution < -0.4 is 15.4 Å². The number of urea groups is 1. The Bertz CT molecular complexity index is 919. The minimum Gasteiger partial charge on any atom is -0.487 e. The molecule has 1 fully saturated rings.